The van der Waals surface area contributed by atoms with Crippen molar-refractivity contribution in [2.24, 2.45) is 0 Å². The fourth-order valence-electron chi connectivity index (χ4n) is 0.726. The Morgan fingerprint density at radius 3 is 2.50 bits per heavy atom. The van der Waals surface area contributed by atoms with Crippen LogP contribution < -0.4 is 5.32 Å². The summed E-state index contributed by atoms with van der Waals surface area (Å²) >= 11 is 0. The number of esters is 1. The summed E-state index contributed by atoms with van der Waals surface area (Å²) < 4.78 is 4.49. The second kappa shape index (κ2) is 8.81. The van der Waals surface area contributed by atoms with Gasteiger partial charge in [0.1, 0.15) is 0 Å². The highest BCUT2D eigenvalue weighted by Crippen LogP contribution is 1.90. The van der Waals surface area contributed by atoms with Gasteiger partial charge in [0.2, 0.25) is 0 Å². The van der Waals surface area contributed by atoms with Gasteiger partial charge in [-0.25, -0.2) is 0 Å². The van der Waals surface area contributed by atoms with Gasteiger partial charge in [-0.15, -0.1) is 12.4 Å². The fraction of sp³-hybridized carbons (Fsp3) is 0.875. The zero-order chi connectivity index (χ0) is 8.69. The molecule has 0 aromatic carbocycles. The molecule has 0 heterocycles. The second-order valence-electron chi connectivity index (χ2n) is 2.79. The monoisotopic (exact) mass is 195 g/mol. The van der Waals surface area contributed by atoms with Gasteiger partial charge in [-0.05, 0) is 13.0 Å². The van der Waals surface area contributed by atoms with Gasteiger partial charge < -0.3 is 10.1 Å². The first-order valence-corrected chi connectivity index (χ1v) is 3.97. The van der Waals surface area contributed by atoms with Crippen molar-refractivity contribution in [2.75, 3.05) is 13.7 Å². The molecule has 4 heteroatoms. The number of carbonyl (C=O) groups excluding carboxylic acids is 1. The van der Waals surface area contributed by atoms with Gasteiger partial charge in [-0.3, -0.25) is 4.79 Å². The molecule has 0 amide bonds. The Kier molecular flexibility index (Phi) is 10.5. The minimum absolute atomic E-state index is 0. The zero-order valence-corrected chi connectivity index (χ0v) is 8.74. The zero-order valence-electron chi connectivity index (χ0n) is 7.92. The van der Waals surface area contributed by atoms with Crippen LogP contribution >= 0.6 is 12.4 Å². The van der Waals surface area contributed by atoms with E-state index < -0.39 is 0 Å². The van der Waals surface area contributed by atoms with Crippen LogP contribution in [0, 0.1) is 0 Å². The lowest BCUT2D eigenvalue weighted by atomic mass is 10.3. The molecule has 0 atom stereocenters. The van der Waals surface area contributed by atoms with Crippen LogP contribution in [0.25, 0.3) is 0 Å². The summed E-state index contributed by atoms with van der Waals surface area (Å²) in [5, 5.41) is 3.22. The summed E-state index contributed by atoms with van der Waals surface area (Å²) in [7, 11) is 1.41. The van der Waals surface area contributed by atoms with E-state index in [-0.39, 0.29) is 18.4 Å². The summed E-state index contributed by atoms with van der Waals surface area (Å²) in [5.74, 6) is -0.129. The minimum Gasteiger partial charge on any atom is -0.469 e. The smallest absolute Gasteiger partial charge is 0.305 e. The third-order valence-corrected chi connectivity index (χ3v) is 1.34. The Bertz CT molecular complexity index is 118. The summed E-state index contributed by atoms with van der Waals surface area (Å²) in [4.78, 5) is 10.6. The molecule has 1 N–H and O–H groups in total. The fourth-order valence-corrected chi connectivity index (χ4v) is 0.726. The van der Waals surface area contributed by atoms with Crippen LogP contribution in [0.3, 0.4) is 0 Å². The Hall–Kier alpha value is -0.280. The summed E-state index contributed by atoms with van der Waals surface area (Å²) in [6.45, 7) is 5.04. The maximum absolute atomic E-state index is 10.6. The Morgan fingerprint density at radius 1 is 1.50 bits per heavy atom. The van der Waals surface area contributed by atoms with E-state index in [9.17, 15) is 4.79 Å². The number of nitrogens with one attached hydrogen (secondary N) is 1. The van der Waals surface area contributed by atoms with Crippen LogP contribution in [-0.4, -0.2) is 25.7 Å². The maximum Gasteiger partial charge on any atom is 0.305 e. The molecule has 0 radical (unpaired) electrons. The van der Waals surface area contributed by atoms with Gasteiger partial charge >= 0.3 is 5.97 Å². The highest BCUT2D eigenvalue weighted by atomic mass is 35.5. The van der Waals surface area contributed by atoms with Crippen LogP contribution in [-0.2, 0) is 9.53 Å². The van der Waals surface area contributed by atoms with Gasteiger partial charge in [0.25, 0.3) is 0 Å². The molecule has 0 aliphatic rings. The first-order chi connectivity index (χ1) is 5.16. The number of carbonyl (C=O) groups is 1. The number of halogens is 1. The molecule has 74 valence electrons. The molecular weight excluding hydrogens is 178 g/mol. The molecular formula is C8H18ClNO2. The first-order valence-electron chi connectivity index (χ1n) is 3.97. The molecule has 0 aliphatic heterocycles. The van der Waals surface area contributed by atoms with E-state index >= 15 is 0 Å². The third-order valence-electron chi connectivity index (χ3n) is 1.34. The average molecular weight is 196 g/mol. The molecule has 0 saturated carbocycles. The molecule has 0 aromatic rings. The molecule has 0 spiro atoms. The summed E-state index contributed by atoms with van der Waals surface area (Å²) in [6, 6.07) is 0.493. The van der Waals surface area contributed by atoms with Crippen molar-refractivity contribution >= 4 is 18.4 Å². The SMILES string of the molecule is COC(=O)CCCNC(C)C.Cl. The number of hydrogen-bond acceptors (Lipinski definition) is 3. The van der Waals surface area contributed by atoms with Crippen molar-refractivity contribution in [3.05, 3.63) is 0 Å². The van der Waals surface area contributed by atoms with E-state index in [1.54, 1.807) is 0 Å². The van der Waals surface area contributed by atoms with Crippen LogP contribution in [0.4, 0.5) is 0 Å². The van der Waals surface area contributed by atoms with E-state index in [0.29, 0.717) is 12.5 Å². The van der Waals surface area contributed by atoms with Crippen LogP contribution in [0.15, 0.2) is 0 Å². The van der Waals surface area contributed by atoms with Crippen molar-refractivity contribution < 1.29 is 9.53 Å². The number of hydrogen-bond donors (Lipinski definition) is 1. The lowest BCUT2D eigenvalue weighted by molar-refractivity contribution is -0.140. The quantitative estimate of drug-likeness (QED) is 0.532. The standard InChI is InChI=1S/C8H17NO2.ClH/c1-7(2)9-6-4-5-8(10)11-3;/h7,9H,4-6H2,1-3H3;1H. The van der Waals surface area contributed by atoms with Crippen molar-refractivity contribution in [3.63, 3.8) is 0 Å². The van der Waals surface area contributed by atoms with Crippen LogP contribution in [0.1, 0.15) is 26.7 Å². The first kappa shape index (κ1) is 14.3. The molecule has 0 aliphatic carbocycles. The molecule has 0 saturated heterocycles. The maximum atomic E-state index is 10.6. The Balaban J connectivity index is 0. The molecule has 0 unspecified atom stereocenters. The lowest BCUT2D eigenvalue weighted by Crippen LogP contribution is -2.24. The van der Waals surface area contributed by atoms with Crippen molar-refractivity contribution in [1.29, 1.82) is 0 Å². The number of methoxy groups -OCH3 is 1. The van der Waals surface area contributed by atoms with E-state index in [1.807, 2.05) is 0 Å². The van der Waals surface area contributed by atoms with Crippen molar-refractivity contribution in [3.8, 4) is 0 Å². The highest BCUT2D eigenvalue weighted by Gasteiger charge is 1.98. The molecule has 0 bridgehead atoms. The number of rotatable bonds is 5. The van der Waals surface area contributed by atoms with E-state index in [2.05, 4.69) is 23.9 Å². The third kappa shape index (κ3) is 9.72. The highest BCUT2D eigenvalue weighted by molar-refractivity contribution is 5.85. The second-order valence-corrected chi connectivity index (χ2v) is 2.79. The summed E-state index contributed by atoms with van der Waals surface area (Å²) in [6.07, 6.45) is 1.36. The van der Waals surface area contributed by atoms with Gasteiger partial charge in [0.05, 0.1) is 7.11 Å². The molecule has 0 aromatic heterocycles. The molecule has 0 rings (SSSR count). The predicted molar refractivity (Wildman–Crippen MR) is 51.6 cm³/mol. The lowest BCUT2D eigenvalue weighted by Gasteiger charge is -2.06. The van der Waals surface area contributed by atoms with Gasteiger partial charge in [-0.2, -0.15) is 0 Å². The normalized spacial score (nSPS) is 9.33. The van der Waals surface area contributed by atoms with Crippen LogP contribution in [0.5, 0.6) is 0 Å². The Morgan fingerprint density at radius 2 is 2.08 bits per heavy atom. The van der Waals surface area contributed by atoms with Gasteiger partial charge in [0, 0.05) is 12.5 Å². The minimum atomic E-state index is -0.129. The molecule has 3 nitrogen and oxygen atoms in total. The Labute approximate surface area is 80.3 Å². The van der Waals surface area contributed by atoms with E-state index in [0.717, 1.165) is 13.0 Å². The van der Waals surface area contributed by atoms with Gasteiger partial charge in [0.15, 0.2) is 0 Å². The largest absolute Gasteiger partial charge is 0.469 e. The number of ether oxygens (including phenoxy) is 1. The van der Waals surface area contributed by atoms with E-state index in [1.165, 1.54) is 7.11 Å². The predicted octanol–water partition coefficient (Wildman–Crippen LogP) is 1.36. The van der Waals surface area contributed by atoms with E-state index in [4.69, 9.17) is 0 Å². The average Bonchev–Trinajstić information content (AvgIpc) is 1.97. The van der Waals surface area contributed by atoms with Gasteiger partial charge in [-0.1, -0.05) is 13.8 Å². The van der Waals surface area contributed by atoms with Crippen molar-refractivity contribution in [1.82, 2.24) is 5.32 Å². The molecule has 12 heavy (non-hydrogen) atoms. The topological polar surface area (TPSA) is 38.3 Å². The molecule has 0 fully saturated rings. The summed E-state index contributed by atoms with van der Waals surface area (Å²) in [5.41, 5.74) is 0. The van der Waals surface area contributed by atoms with Crippen LogP contribution in [0.2, 0.25) is 0 Å². The van der Waals surface area contributed by atoms with Crippen molar-refractivity contribution in [2.45, 2.75) is 32.7 Å².